The number of rotatable bonds is 10. The molecule has 0 radical (unpaired) electrons. The van der Waals surface area contributed by atoms with Gasteiger partial charge in [0, 0.05) is 31.1 Å². The van der Waals surface area contributed by atoms with Gasteiger partial charge in [-0.05, 0) is 49.6 Å². The van der Waals surface area contributed by atoms with Gasteiger partial charge in [-0.15, -0.1) is 0 Å². The highest BCUT2D eigenvalue weighted by Gasteiger charge is 2.28. The van der Waals surface area contributed by atoms with E-state index in [0.717, 1.165) is 24.9 Å². The number of nitrogens with one attached hydrogen (secondary N) is 4. The predicted octanol–water partition coefficient (Wildman–Crippen LogP) is 1.79. The van der Waals surface area contributed by atoms with Crippen LogP contribution in [0.2, 0.25) is 0 Å². The van der Waals surface area contributed by atoms with E-state index in [1.807, 2.05) is 31.2 Å². The Hall–Kier alpha value is -3.29. The van der Waals surface area contributed by atoms with E-state index in [2.05, 4.69) is 26.3 Å². The fourth-order valence-corrected chi connectivity index (χ4v) is 2.86. The summed E-state index contributed by atoms with van der Waals surface area (Å²) in [5, 5.41) is 12.2. The first-order valence-corrected chi connectivity index (χ1v) is 10.3. The maximum Gasteiger partial charge on any atom is 0.251 e. The van der Waals surface area contributed by atoms with Crippen LogP contribution >= 0.6 is 0 Å². The molecule has 2 amide bonds. The number of hydrogen-bond acceptors (Lipinski definition) is 4. The largest absolute Gasteiger partial charge is 0.467 e. The number of carbonyl (C=O) groups is 2. The summed E-state index contributed by atoms with van der Waals surface area (Å²) in [6.45, 7) is 4.67. The molecule has 1 heterocycles. The highest BCUT2D eigenvalue weighted by atomic mass is 16.3. The molecule has 2 aromatic rings. The number of amides is 2. The average Bonchev–Trinajstić information content (AvgIpc) is 3.49. The zero-order valence-corrected chi connectivity index (χ0v) is 17.2. The first-order chi connectivity index (χ1) is 14.7. The lowest BCUT2D eigenvalue weighted by Gasteiger charge is -2.12. The van der Waals surface area contributed by atoms with Crippen molar-refractivity contribution in [3.63, 3.8) is 0 Å². The zero-order chi connectivity index (χ0) is 21.2. The van der Waals surface area contributed by atoms with Gasteiger partial charge in [0.1, 0.15) is 5.76 Å². The van der Waals surface area contributed by atoms with E-state index < -0.39 is 0 Å². The molecule has 0 saturated heterocycles. The highest BCUT2D eigenvalue weighted by Crippen LogP contribution is 2.28. The van der Waals surface area contributed by atoms with Crippen LogP contribution in [-0.4, -0.2) is 37.4 Å². The minimum absolute atomic E-state index is 0.140. The second-order valence-corrected chi connectivity index (χ2v) is 7.15. The molecular formula is C22H29N5O3. The highest BCUT2D eigenvalue weighted by molar-refractivity contribution is 5.94. The van der Waals surface area contributed by atoms with Crippen molar-refractivity contribution in [1.82, 2.24) is 21.3 Å². The number of carbonyl (C=O) groups excluding carboxylic acids is 2. The van der Waals surface area contributed by atoms with Crippen LogP contribution in [0.4, 0.5) is 0 Å². The van der Waals surface area contributed by atoms with Crippen LogP contribution in [0.3, 0.4) is 0 Å². The summed E-state index contributed by atoms with van der Waals surface area (Å²) in [7, 11) is 0. The van der Waals surface area contributed by atoms with E-state index in [0.29, 0.717) is 43.5 Å². The van der Waals surface area contributed by atoms with E-state index in [4.69, 9.17) is 4.42 Å². The third-order valence-electron chi connectivity index (χ3n) is 4.62. The van der Waals surface area contributed by atoms with Crippen molar-refractivity contribution in [2.24, 2.45) is 10.9 Å². The number of furan rings is 1. The van der Waals surface area contributed by atoms with Crippen LogP contribution in [0.25, 0.3) is 0 Å². The van der Waals surface area contributed by atoms with Crippen LogP contribution in [0.5, 0.6) is 0 Å². The number of aliphatic imine (C=N–C) groups is 1. The molecule has 0 spiro atoms. The number of hydrogen-bond donors (Lipinski definition) is 4. The van der Waals surface area contributed by atoms with E-state index in [1.54, 1.807) is 18.4 Å². The summed E-state index contributed by atoms with van der Waals surface area (Å²) in [6.07, 6.45) is 3.59. The Bertz CT molecular complexity index is 859. The molecule has 1 aromatic carbocycles. The molecule has 0 bridgehead atoms. The number of guanidine groups is 1. The third kappa shape index (κ3) is 6.95. The van der Waals surface area contributed by atoms with Gasteiger partial charge < -0.3 is 25.7 Å². The van der Waals surface area contributed by atoms with E-state index in [9.17, 15) is 9.59 Å². The van der Waals surface area contributed by atoms with Gasteiger partial charge in [0.15, 0.2) is 5.96 Å². The maximum atomic E-state index is 12.4. The normalized spacial score (nSPS) is 13.6. The van der Waals surface area contributed by atoms with Gasteiger partial charge in [-0.25, -0.2) is 4.99 Å². The topological polar surface area (TPSA) is 108 Å². The Labute approximate surface area is 176 Å². The van der Waals surface area contributed by atoms with E-state index in [-0.39, 0.29) is 17.7 Å². The second kappa shape index (κ2) is 11.0. The molecule has 0 aliphatic heterocycles. The molecule has 1 saturated carbocycles. The minimum Gasteiger partial charge on any atom is -0.467 e. The van der Waals surface area contributed by atoms with Crippen LogP contribution < -0.4 is 21.3 Å². The van der Waals surface area contributed by atoms with Gasteiger partial charge >= 0.3 is 0 Å². The van der Waals surface area contributed by atoms with Crippen LogP contribution in [0, 0.1) is 5.92 Å². The molecule has 8 nitrogen and oxygen atoms in total. The number of benzene rings is 1. The van der Waals surface area contributed by atoms with Crippen molar-refractivity contribution in [3.05, 3.63) is 59.5 Å². The monoisotopic (exact) mass is 411 g/mol. The van der Waals surface area contributed by atoms with E-state index in [1.165, 1.54) is 0 Å². The average molecular weight is 412 g/mol. The fourth-order valence-electron chi connectivity index (χ4n) is 2.86. The van der Waals surface area contributed by atoms with Crippen molar-refractivity contribution < 1.29 is 14.0 Å². The molecule has 1 aliphatic rings. The molecule has 1 aliphatic carbocycles. The summed E-state index contributed by atoms with van der Waals surface area (Å²) in [5.74, 6) is 1.58. The van der Waals surface area contributed by atoms with Gasteiger partial charge in [0.25, 0.3) is 5.91 Å². The Morgan fingerprint density at radius 3 is 2.63 bits per heavy atom. The molecule has 8 heteroatoms. The lowest BCUT2D eigenvalue weighted by atomic mass is 10.1. The van der Waals surface area contributed by atoms with Crippen molar-refractivity contribution >= 4 is 17.8 Å². The third-order valence-corrected chi connectivity index (χ3v) is 4.62. The summed E-state index contributed by atoms with van der Waals surface area (Å²) in [4.78, 5) is 28.6. The lowest BCUT2D eigenvalue weighted by molar-refractivity contribution is -0.122. The second-order valence-electron chi connectivity index (χ2n) is 7.15. The summed E-state index contributed by atoms with van der Waals surface area (Å²) >= 11 is 0. The molecule has 30 heavy (non-hydrogen) atoms. The summed E-state index contributed by atoms with van der Waals surface area (Å²) < 4.78 is 5.23. The first kappa shape index (κ1) is 21.4. The number of nitrogens with zero attached hydrogens (tertiary/aromatic N) is 1. The molecule has 0 atom stereocenters. The van der Waals surface area contributed by atoms with Gasteiger partial charge in [-0.2, -0.15) is 0 Å². The minimum atomic E-state index is -0.159. The molecule has 1 fully saturated rings. The lowest BCUT2D eigenvalue weighted by Crippen LogP contribution is -2.41. The Kier molecular flexibility index (Phi) is 7.88. The van der Waals surface area contributed by atoms with Crippen LogP contribution in [0.15, 0.2) is 52.1 Å². The Morgan fingerprint density at radius 2 is 1.90 bits per heavy atom. The standard InChI is InChI=1S/C22H29N5O3/c1-2-23-22(25-11-10-24-20(28)17-8-9-17)27-14-16-5-3-6-18(13-16)21(29)26-15-19-7-4-12-30-19/h3-7,12-13,17H,2,8-11,14-15H2,1H3,(H,24,28)(H,26,29)(H2,23,25,27). The van der Waals surface area contributed by atoms with Crippen LogP contribution in [-0.2, 0) is 17.9 Å². The molecule has 160 valence electrons. The fraction of sp³-hybridized carbons (Fsp3) is 0.409. The van der Waals surface area contributed by atoms with Crippen molar-refractivity contribution in [2.75, 3.05) is 19.6 Å². The smallest absolute Gasteiger partial charge is 0.251 e. The molecule has 1 aromatic heterocycles. The Balaban J connectivity index is 1.48. The van der Waals surface area contributed by atoms with Gasteiger partial charge in [0.05, 0.1) is 19.4 Å². The first-order valence-electron chi connectivity index (χ1n) is 10.3. The molecule has 0 unspecified atom stereocenters. The van der Waals surface area contributed by atoms with Crippen molar-refractivity contribution in [1.29, 1.82) is 0 Å². The SMILES string of the molecule is CCNC(=NCc1cccc(C(=O)NCc2ccco2)c1)NCCNC(=O)C1CC1. The molecule has 4 N–H and O–H groups in total. The van der Waals surface area contributed by atoms with Gasteiger partial charge in [-0.3, -0.25) is 9.59 Å². The van der Waals surface area contributed by atoms with E-state index >= 15 is 0 Å². The summed E-state index contributed by atoms with van der Waals surface area (Å²) in [6, 6.07) is 11.0. The summed E-state index contributed by atoms with van der Waals surface area (Å²) in [5.41, 5.74) is 1.51. The quantitative estimate of drug-likeness (QED) is 0.271. The maximum absolute atomic E-state index is 12.4. The Morgan fingerprint density at radius 1 is 1.07 bits per heavy atom. The molecule has 3 rings (SSSR count). The van der Waals surface area contributed by atoms with Gasteiger partial charge in [-0.1, -0.05) is 12.1 Å². The zero-order valence-electron chi connectivity index (χ0n) is 17.2. The van der Waals surface area contributed by atoms with Crippen molar-refractivity contribution in [2.45, 2.75) is 32.9 Å². The van der Waals surface area contributed by atoms with Crippen LogP contribution in [0.1, 0.15) is 41.4 Å². The molecular weight excluding hydrogens is 382 g/mol. The van der Waals surface area contributed by atoms with Crippen molar-refractivity contribution in [3.8, 4) is 0 Å². The van der Waals surface area contributed by atoms with Gasteiger partial charge in [0.2, 0.25) is 5.91 Å². The predicted molar refractivity (Wildman–Crippen MR) is 115 cm³/mol.